The molecule has 7 rings (SSSR count). The standard InChI is InChI=1S/C35H46N8O4/c1-35(2,3)47-34(45)41-16-12-26(13-17-41)40(4)25-8-10-27(11-9-25)43-21-24-18-30(31(19-29(24)39-43)46-22-23-6-7-23)38-33(44)28-20-37-42-15-5-14-36-32(28)42/h5,14-15,18-21,23,25-27H,6-13,16-17,22H2,1-4H3,(H,38,44)/t25-,27-. The van der Waals surface area contributed by atoms with E-state index in [-0.39, 0.29) is 12.0 Å². The highest BCUT2D eigenvalue weighted by molar-refractivity contribution is 6.09. The molecule has 0 spiro atoms. The number of hydrogen-bond acceptors (Lipinski definition) is 8. The van der Waals surface area contributed by atoms with Gasteiger partial charge in [0.1, 0.15) is 16.9 Å². The first-order valence-corrected chi connectivity index (χ1v) is 17.1. The van der Waals surface area contributed by atoms with Crippen molar-refractivity contribution in [2.75, 3.05) is 32.1 Å². The molecule has 47 heavy (non-hydrogen) atoms. The quantitative estimate of drug-likeness (QED) is 0.251. The molecule has 0 unspecified atom stereocenters. The molecule has 1 N–H and O–H groups in total. The van der Waals surface area contributed by atoms with Gasteiger partial charge in [-0.25, -0.2) is 14.3 Å². The van der Waals surface area contributed by atoms with E-state index in [0.29, 0.717) is 53.3 Å². The van der Waals surface area contributed by atoms with Crippen molar-refractivity contribution in [1.29, 1.82) is 0 Å². The van der Waals surface area contributed by atoms with E-state index in [1.807, 2.05) is 37.8 Å². The van der Waals surface area contributed by atoms with Gasteiger partial charge in [-0.05, 0) is 97.2 Å². The van der Waals surface area contributed by atoms with Gasteiger partial charge < -0.3 is 24.6 Å². The van der Waals surface area contributed by atoms with Gasteiger partial charge in [0, 0.05) is 55.2 Å². The maximum atomic E-state index is 13.4. The monoisotopic (exact) mass is 642 g/mol. The fraction of sp³-hybridized carbons (Fsp3) is 0.571. The van der Waals surface area contributed by atoms with E-state index < -0.39 is 5.60 Å². The van der Waals surface area contributed by atoms with Crippen molar-refractivity contribution >= 4 is 34.2 Å². The Morgan fingerprint density at radius 2 is 1.77 bits per heavy atom. The summed E-state index contributed by atoms with van der Waals surface area (Å²) in [6.07, 6.45) is 15.5. The summed E-state index contributed by atoms with van der Waals surface area (Å²) >= 11 is 0. The molecule has 2 aliphatic carbocycles. The van der Waals surface area contributed by atoms with Crippen LogP contribution in [0.2, 0.25) is 0 Å². The van der Waals surface area contributed by atoms with Crippen molar-refractivity contribution in [2.45, 2.75) is 95.9 Å². The molecule has 1 aromatic carbocycles. The predicted molar refractivity (Wildman–Crippen MR) is 179 cm³/mol. The summed E-state index contributed by atoms with van der Waals surface area (Å²) in [5.74, 6) is 0.927. The summed E-state index contributed by atoms with van der Waals surface area (Å²) in [7, 11) is 2.25. The molecule has 3 aliphatic rings. The molecule has 12 nitrogen and oxygen atoms in total. The lowest BCUT2D eigenvalue weighted by Gasteiger charge is -2.42. The lowest BCUT2D eigenvalue weighted by atomic mass is 9.88. The molecule has 3 aromatic heterocycles. The van der Waals surface area contributed by atoms with Crippen molar-refractivity contribution < 1.29 is 19.1 Å². The van der Waals surface area contributed by atoms with Crippen molar-refractivity contribution in [3.05, 3.63) is 48.5 Å². The summed E-state index contributed by atoms with van der Waals surface area (Å²) in [6.45, 7) is 7.85. The van der Waals surface area contributed by atoms with Crippen LogP contribution in [0.4, 0.5) is 10.5 Å². The Labute approximate surface area is 275 Å². The fourth-order valence-corrected chi connectivity index (χ4v) is 6.96. The number of carbonyl (C=O) groups excluding carboxylic acids is 2. The van der Waals surface area contributed by atoms with Crippen LogP contribution in [0.25, 0.3) is 16.6 Å². The van der Waals surface area contributed by atoms with Crippen molar-refractivity contribution in [3.8, 4) is 5.75 Å². The first-order chi connectivity index (χ1) is 22.6. The molecule has 250 valence electrons. The second-order valence-electron chi connectivity index (χ2n) is 14.5. The topological polar surface area (TPSA) is 119 Å². The van der Waals surface area contributed by atoms with Gasteiger partial charge in [-0.3, -0.25) is 9.48 Å². The third-order valence-corrected chi connectivity index (χ3v) is 9.88. The van der Waals surface area contributed by atoms with Gasteiger partial charge in [-0.2, -0.15) is 10.2 Å². The number of benzene rings is 1. The molecule has 3 fully saturated rings. The second kappa shape index (κ2) is 12.8. The van der Waals surface area contributed by atoms with Crippen LogP contribution in [0, 0.1) is 5.92 Å². The van der Waals surface area contributed by atoms with E-state index in [0.717, 1.165) is 62.5 Å². The van der Waals surface area contributed by atoms with Crippen molar-refractivity contribution in [3.63, 3.8) is 0 Å². The number of carbonyl (C=O) groups is 2. The number of amides is 2. The number of fused-ring (bicyclic) bond motifs is 2. The lowest BCUT2D eigenvalue weighted by molar-refractivity contribution is 0.0113. The zero-order chi connectivity index (χ0) is 32.7. The van der Waals surface area contributed by atoms with E-state index >= 15 is 0 Å². The minimum atomic E-state index is -0.469. The number of ether oxygens (including phenoxy) is 2. The molecule has 1 aliphatic heterocycles. The molecule has 4 heterocycles. The van der Waals surface area contributed by atoms with Crippen molar-refractivity contribution in [2.24, 2.45) is 5.92 Å². The van der Waals surface area contributed by atoms with Crippen LogP contribution in [-0.4, -0.2) is 90.6 Å². The minimum absolute atomic E-state index is 0.203. The second-order valence-corrected chi connectivity index (χ2v) is 14.5. The van der Waals surface area contributed by atoms with Crippen molar-refractivity contribution in [1.82, 2.24) is 34.2 Å². The average molecular weight is 643 g/mol. The maximum Gasteiger partial charge on any atom is 0.410 e. The summed E-state index contributed by atoms with van der Waals surface area (Å²) in [6, 6.07) is 7.03. The van der Waals surface area contributed by atoms with Gasteiger partial charge in [0.25, 0.3) is 5.91 Å². The highest BCUT2D eigenvalue weighted by Gasteiger charge is 2.33. The van der Waals surface area contributed by atoms with Crippen LogP contribution >= 0.6 is 0 Å². The zero-order valence-electron chi connectivity index (χ0n) is 27.9. The number of anilines is 1. The predicted octanol–water partition coefficient (Wildman–Crippen LogP) is 5.94. The molecule has 12 heteroatoms. The van der Waals surface area contributed by atoms with E-state index in [1.54, 1.807) is 29.2 Å². The zero-order valence-corrected chi connectivity index (χ0v) is 27.9. The normalized spacial score (nSPS) is 21.0. The highest BCUT2D eigenvalue weighted by Crippen LogP contribution is 2.37. The minimum Gasteiger partial charge on any atom is -0.491 e. The number of likely N-dealkylation sites (tertiary alicyclic amines) is 1. The molecule has 4 aromatic rings. The van der Waals surface area contributed by atoms with E-state index in [1.165, 1.54) is 12.8 Å². The lowest BCUT2D eigenvalue weighted by Crippen LogP contribution is -2.50. The highest BCUT2D eigenvalue weighted by atomic mass is 16.6. The Morgan fingerprint density at radius 1 is 1.02 bits per heavy atom. The first-order valence-electron chi connectivity index (χ1n) is 17.1. The number of hydrogen-bond donors (Lipinski definition) is 1. The molecule has 2 saturated carbocycles. The SMILES string of the molecule is CN(C1CCN(C(=O)OC(C)(C)C)CC1)[C@H]1CC[C@H](n2cc3cc(NC(=O)c4cnn5cccnc45)c(OCC4CC4)cc3n2)CC1. The number of aromatic nitrogens is 5. The molecular weight excluding hydrogens is 596 g/mol. The largest absolute Gasteiger partial charge is 0.491 e. The Kier molecular flexibility index (Phi) is 8.54. The van der Waals surface area contributed by atoms with E-state index in [2.05, 4.69) is 38.2 Å². The van der Waals surface area contributed by atoms with Crippen LogP contribution in [0.15, 0.2) is 43.0 Å². The molecule has 0 bridgehead atoms. The molecule has 2 amide bonds. The smallest absolute Gasteiger partial charge is 0.410 e. The summed E-state index contributed by atoms with van der Waals surface area (Å²) < 4.78 is 15.5. The third kappa shape index (κ3) is 7.07. The average Bonchev–Trinajstić information content (AvgIpc) is 3.64. The maximum absolute atomic E-state index is 13.4. The molecule has 1 saturated heterocycles. The van der Waals surface area contributed by atoms with Gasteiger partial charge in [0.2, 0.25) is 0 Å². The van der Waals surface area contributed by atoms with E-state index in [9.17, 15) is 9.59 Å². The Balaban J connectivity index is 0.998. The number of piperidine rings is 1. The summed E-state index contributed by atoms with van der Waals surface area (Å²) in [5.41, 5.74) is 1.93. The number of nitrogens with zero attached hydrogens (tertiary/aromatic N) is 7. The molecular formula is C35H46N8O4. The van der Waals surface area contributed by atoms with Crippen LogP contribution in [-0.2, 0) is 4.74 Å². The van der Waals surface area contributed by atoms with Gasteiger partial charge in [-0.1, -0.05) is 0 Å². The Bertz CT molecular complexity index is 1740. The Morgan fingerprint density at radius 3 is 2.49 bits per heavy atom. The van der Waals surface area contributed by atoms with Gasteiger partial charge in [0.05, 0.1) is 30.0 Å². The Hall–Kier alpha value is -4.19. The number of rotatable bonds is 8. The summed E-state index contributed by atoms with van der Waals surface area (Å²) in [5, 5.41) is 13.3. The van der Waals surface area contributed by atoms with Crippen LogP contribution in [0.1, 0.15) is 88.5 Å². The van der Waals surface area contributed by atoms with Crippen LogP contribution < -0.4 is 10.1 Å². The summed E-state index contributed by atoms with van der Waals surface area (Å²) in [4.78, 5) is 34.6. The van der Waals surface area contributed by atoms with Gasteiger partial charge in [-0.15, -0.1) is 0 Å². The number of nitrogens with one attached hydrogen (secondary N) is 1. The molecule has 0 radical (unpaired) electrons. The van der Waals surface area contributed by atoms with Gasteiger partial charge >= 0.3 is 6.09 Å². The molecule has 0 atom stereocenters. The fourth-order valence-electron chi connectivity index (χ4n) is 6.96. The van der Waals surface area contributed by atoms with E-state index in [4.69, 9.17) is 14.6 Å². The van der Waals surface area contributed by atoms with Gasteiger partial charge in [0.15, 0.2) is 5.65 Å². The third-order valence-electron chi connectivity index (χ3n) is 9.88. The first kappa shape index (κ1) is 31.4. The van der Waals surface area contributed by atoms with Crippen LogP contribution in [0.3, 0.4) is 0 Å². The van der Waals surface area contributed by atoms with Crippen LogP contribution in [0.5, 0.6) is 5.75 Å².